The van der Waals surface area contributed by atoms with E-state index in [1.165, 1.54) is 10.4 Å². The SMILES string of the molecule is Cc1nc2ccc(NC3COC3)cc2s1. The molecule has 0 spiro atoms. The Bertz CT molecular complexity index is 490. The molecule has 3 nitrogen and oxygen atoms in total. The minimum absolute atomic E-state index is 0.483. The van der Waals surface area contributed by atoms with E-state index in [4.69, 9.17) is 4.74 Å². The van der Waals surface area contributed by atoms with E-state index in [9.17, 15) is 0 Å². The standard InChI is InChI=1S/C11H12N2OS/c1-7-12-10-3-2-8(4-11(10)15-7)13-9-5-14-6-9/h2-4,9,13H,5-6H2,1H3. The first kappa shape index (κ1) is 9.12. The van der Waals surface area contributed by atoms with Crippen LogP contribution < -0.4 is 5.32 Å². The lowest BCUT2D eigenvalue weighted by Gasteiger charge is -2.27. The highest BCUT2D eigenvalue weighted by atomic mass is 32.1. The van der Waals surface area contributed by atoms with E-state index in [-0.39, 0.29) is 0 Å². The first-order valence-corrected chi connectivity index (χ1v) is 5.84. The molecular formula is C11H12N2OS. The summed E-state index contributed by atoms with van der Waals surface area (Å²) in [5, 5.41) is 4.55. The second-order valence-corrected chi connectivity index (χ2v) is 5.03. The molecule has 0 unspecified atom stereocenters. The molecule has 4 heteroatoms. The Kier molecular flexibility index (Phi) is 2.11. The predicted octanol–water partition coefficient (Wildman–Crippen LogP) is 2.42. The Morgan fingerprint density at radius 3 is 3.07 bits per heavy atom. The number of hydrogen-bond acceptors (Lipinski definition) is 4. The van der Waals surface area contributed by atoms with Gasteiger partial charge in [-0.2, -0.15) is 0 Å². The zero-order chi connectivity index (χ0) is 10.3. The summed E-state index contributed by atoms with van der Waals surface area (Å²) in [5.74, 6) is 0. The van der Waals surface area contributed by atoms with Gasteiger partial charge in [-0.15, -0.1) is 11.3 Å². The van der Waals surface area contributed by atoms with Crippen molar-refractivity contribution >= 4 is 27.2 Å². The summed E-state index contributed by atoms with van der Waals surface area (Å²) in [6.45, 7) is 3.68. The maximum absolute atomic E-state index is 5.13. The molecule has 2 heterocycles. The summed E-state index contributed by atoms with van der Waals surface area (Å²) in [6, 6.07) is 6.80. The van der Waals surface area contributed by atoms with Crippen molar-refractivity contribution in [1.82, 2.24) is 4.98 Å². The number of aryl methyl sites for hydroxylation is 1. The summed E-state index contributed by atoms with van der Waals surface area (Å²) in [6.07, 6.45) is 0. The zero-order valence-corrected chi connectivity index (χ0v) is 9.30. The van der Waals surface area contributed by atoms with Crippen molar-refractivity contribution in [1.29, 1.82) is 0 Å². The molecule has 78 valence electrons. The van der Waals surface area contributed by atoms with Gasteiger partial charge in [-0.05, 0) is 25.1 Å². The van der Waals surface area contributed by atoms with Crippen LogP contribution in [-0.4, -0.2) is 24.2 Å². The number of hydrogen-bond donors (Lipinski definition) is 1. The van der Waals surface area contributed by atoms with Gasteiger partial charge < -0.3 is 10.1 Å². The number of nitrogens with one attached hydrogen (secondary N) is 1. The molecule has 1 fully saturated rings. The third-order valence-electron chi connectivity index (χ3n) is 2.50. The van der Waals surface area contributed by atoms with E-state index in [0.717, 1.165) is 23.7 Å². The summed E-state index contributed by atoms with van der Waals surface area (Å²) in [4.78, 5) is 4.43. The monoisotopic (exact) mass is 220 g/mol. The number of aromatic nitrogens is 1. The molecule has 1 aliphatic rings. The third-order valence-corrected chi connectivity index (χ3v) is 3.44. The van der Waals surface area contributed by atoms with Crippen molar-refractivity contribution in [3.63, 3.8) is 0 Å². The summed E-state index contributed by atoms with van der Waals surface area (Å²) >= 11 is 1.74. The van der Waals surface area contributed by atoms with Crippen LogP contribution in [0.15, 0.2) is 18.2 Å². The van der Waals surface area contributed by atoms with Crippen molar-refractivity contribution in [3.05, 3.63) is 23.2 Å². The Morgan fingerprint density at radius 1 is 1.47 bits per heavy atom. The maximum atomic E-state index is 5.13. The fourth-order valence-electron chi connectivity index (χ4n) is 1.68. The lowest BCUT2D eigenvalue weighted by atomic mass is 10.2. The molecule has 1 aromatic carbocycles. The van der Waals surface area contributed by atoms with Crippen LogP contribution in [-0.2, 0) is 4.74 Å². The molecule has 0 bridgehead atoms. The Balaban J connectivity index is 1.90. The molecule has 0 amide bonds. The largest absolute Gasteiger partial charge is 0.378 e. The molecular weight excluding hydrogens is 208 g/mol. The van der Waals surface area contributed by atoms with Gasteiger partial charge in [0.05, 0.1) is 34.5 Å². The van der Waals surface area contributed by atoms with E-state index in [0.29, 0.717) is 6.04 Å². The third kappa shape index (κ3) is 1.70. The highest BCUT2D eigenvalue weighted by molar-refractivity contribution is 7.18. The van der Waals surface area contributed by atoms with Crippen LogP contribution in [0.4, 0.5) is 5.69 Å². The molecule has 0 aliphatic carbocycles. The topological polar surface area (TPSA) is 34.2 Å². The summed E-state index contributed by atoms with van der Waals surface area (Å²) in [5.41, 5.74) is 2.26. The minimum Gasteiger partial charge on any atom is -0.378 e. The van der Waals surface area contributed by atoms with Gasteiger partial charge in [-0.3, -0.25) is 0 Å². The lowest BCUT2D eigenvalue weighted by Crippen LogP contribution is -2.40. The number of anilines is 1. The van der Waals surface area contributed by atoms with Crippen molar-refractivity contribution in [3.8, 4) is 0 Å². The van der Waals surface area contributed by atoms with Gasteiger partial charge in [-0.25, -0.2) is 4.98 Å². The smallest absolute Gasteiger partial charge is 0.0907 e. The quantitative estimate of drug-likeness (QED) is 0.844. The minimum atomic E-state index is 0.483. The highest BCUT2D eigenvalue weighted by Gasteiger charge is 2.17. The summed E-state index contributed by atoms with van der Waals surface area (Å²) in [7, 11) is 0. The van der Waals surface area contributed by atoms with Gasteiger partial charge in [0, 0.05) is 5.69 Å². The number of thiazole rings is 1. The molecule has 15 heavy (non-hydrogen) atoms. The highest BCUT2D eigenvalue weighted by Crippen LogP contribution is 2.25. The Labute approximate surface area is 92.1 Å². The normalized spacial score (nSPS) is 16.6. The average molecular weight is 220 g/mol. The van der Waals surface area contributed by atoms with Crippen LogP contribution >= 0.6 is 11.3 Å². The van der Waals surface area contributed by atoms with Crippen molar-refractivity contribution in [2.24, 2.45) is 0 Å². The van der Waals surface area contributed by atoms with Crippen LogP contribution in [0, 0.1) is 6.92 Å². The van der Waals surface area contributed by atoms with Crippen LogP contribution in [0.25, 0.3) is 10.2 Å². The second kappa shape index (κ2) is 3.47. The fraction of sp³-hybridized carbons (Fsp3) is 0.364. The van der Waals surface area contributed by atoms with E-state index in [1.807, 2.05) is 6.92 Å². The fourth-order valence-corrected chi connectivity index (χ4v) is 2.55. The number of benzene rings is 1. The lowest BCUT2D eigenvalue weighted by molar-refractivity contribution is 0.0211. The molecule has 1 N–H and O–H groups in total. The van der Waals surface area contributed by atoms with Crippen LogP contribution in [0.3, 0.4) is 0 Å². The molecule has 2 aromatic rings. The molecule has 1 saturated heterocycles. The van der Waals surface area contributed by atoms with E-state index in [2.05, 4.69) is 28.5 Å². The van der Waals surface area contributed by atoms with Gasteiger partial charge >= 0.3 is 0 Å². The average Bonchev–Trinajstić information content (AvgIpc) is 2.50. The molecule has 0 atom stereocenters. The zero-order valence-electron chi connectivity index (χ0n) is 8.49. The first-order valence-electron chi connectivity index (χ1n) is 5.03. The van der Waals surface area contributed by atoms with Crippen LogP contribution in [0.2, 0.25) is 0 Å². The number of fused-ring (bicyclic) bond motifs is 1. The van der Waals surface area contributed by atoms with Crippen molar-refractivity contribution in [2.75, 3.05) is 18.5 Å². The van der Waals surface area contributed by atoms with E-state index >= 15 is 0 Å². The summed E-state index contributed by atoms with van der Waals surface area (Å²) < 4.78 is 6.37. The van der Waals surface area contributed by atoms with Crippen molar-refractivity contribution < 1.29 is 4.74 Å². The first-order chi connectivity index (χ1) is 7.31. The molecule has 1 aromatic heterocycles. The van der Waals surface area contributed by atoms with E-state index in [1.54, 1.807) is 11.3 Å². The number of rotatable bonds is 2. The van der Waals surface area contributed by atoms with Gasteiger partial charge in [0.2, 0.25) is 0 Å². The van der Waals surface area contributed by atoms with Crippen molar-refractivity contribution in [2.45, 2.75) is 13.0 Å². The molecule has 3 rings (SSSR count). The van der Waals surface area contributed by atoms with Gasteiger partial charge in [0.1, 0.15) is 0 Å². The van der Waals surface area contributed by atoms with Gasteiger partial charge in [0.15, 0.2) is 0 Å². The number of nitrogens with zero attached hydrogens (tertiary/aromatic N) is 1. The molecule has 1 aliphatic heterocycles. The van der Waals surface area contributed by atoms with Crippen LogP contribution in [0.5, 0.6) is 0 Å². The Hall–Kier alpha value is -1.13. The second-order valence-electron chi connectivity index (χ2n) is 3.79. The predicted molar refractivity (Wildman–Crippen MR) is 62.6 cm³/mol. The van der Waals surface area contributed by atoms with E-state index < -0.39 is 0 Å². The number of ether oxygens (including phenoxy) is 1. The van der Waals surface area contributed by atoms with Gasteiger partial charge in [0.25, 0.3) is 0 Å². The van der Waals surface area contributed by atoms with Gasteiger partial charge in [-0.1, -0.05) is 0 Å². The molecule has 0 saturated carbocycles. The maximum Gasteiger partial charge on any atom is 0.0907 e. The molecule has 0 radical (unpaired) electrons. The Morgan fingerprint density at radius 2 is 2.33 bits per heavy atom. The van der Waals surface area contributed by atoms with Crippen LogP contribution in [0.1, 0.15) is 5.01 Å².